The minimum atomic E-state index is -0.669. The van der Waals surface area contributed by atoms with Crippen molar-refractivity contribution in [1.82, 2.24) is 9.97 Å². The third-order valence-corrected chi connectivity index (χ3v) is 4.86. The number of pyridine rings is 2. The Labute approximate surface area is 124 Å². The zero-order chi connectivity index (χ0) is 14.8. The fraction of sp³-hybridized carbons (Fsp3) is 0.471. The van der Waals surface area contributed by atoms with Crippen LogP contribution in [0.25, 0.3) is 11.0 Å². The smallest absolute Gasteiger partial charge is 0.306 e. The number of carboxylic acids is 1. The lowest BCUT2D eigenvalue weighted by Gasteiger charge is -2.31. The lowest BCUT2D eigenvalue weighted by atomic mass is 9.74. The predicted octanol–water partition coefficient (Wildman–Crippen LogP) is 3.62. The third-order valence-electron chi connectivity index (χ3n) is 4.86. The van der Waals surface area contributed by atoms with Crippen molar-refractivity contribution in [3.63, 3.8) is 0 Å². The molecule has 4 nitrogen and oxygen atoms in total. The monoisotopic (exact) mass is 284 g/mol. The molecule has 1 fully saturated rings. The Balaban J connectivity index is 1.79. The highest BCUT2D eigenvalue weighted by atomic mass is 16.4. The first kappa shape index (κ1) is 14.0. The molecular weight excluding hydrogens is 264 g/mol. The van der Waals surface area contributed by atoms with E-state index in [1.165, 1.54) is 5.56 Å². The van der Waals surface area contributed by atoms with Crippen LogP contribution in [0.5, 0.6) is 0 Å². The largest absolute Gasteiger partial charge is 0.481 e. The summed E-state index contributed by atoms with van der Waals surface area (Å²) in [6, 6.07) is 6.12. The molecule has 21 heavy (non-hydrogen) atoms. The van der Waals surface area contributed by atoms with E-state index in [9.17, 15) is 4.79 Å². The van der Waals surface area contributed by atoms with E-state index in [-0.39, 0.29) is 5.92 Å². The summed E-state index contributed by atoms with van der Waals surface area (Å²) in [6.07, 6.45) is 7.68. The molecule has 1 atom stereocenters. The Morgan fingerprint density at radius 3 is 2.62 bits per heavy atom. The molecule has 2 heterocycles. The van der Waals surface area contributed by atoms with Crippen LogP contribution in [-0.2, 0) is 4.79 Å². The molecule has 0 amide bonds. The molecular formula is C17H20N2O2. The average molecular weight is 284 g/mol. The number of aromatic nitrogens is 2. The van der Waals surface area contributed by atoms with Gasteiger partial charge in [-0.25, -0.2) is 9.97 Å². The number of carbonyl (C=O) groups is 1. The number of hydrogen-bond acceptors (Lipinski definition) is 3. The van der Waals surface area contributed by atoms with Crippen molar-refractivity contribution in [1.29, 1.82) is 0 Å². The molecule has 2 aromatic rings. The van der Waals surface area contributed by atoms with Crippen LogP contribution in [0.1, 0.15) is 44.1 Å². The summed E-state index contributed by atoms with van der Waals surface area (Å²) >= 11 is 0. The van der Waals surface area contributed by atoms with Gasteiger partial charge >= 0.3 is 5.97 Å². The van der Waals surface area contributed by atoms with E-state index < -0.39 is 5.97 Å². The van der Waals surface area contributed by atoms with Crippen LogP contribution in [0.2, 0.25) is 0 Å². The number of carboxylic acid groups (broad SMARTS) is 1. The highest BCUT2D eigenvalue weighted by Crippen LogP contribution is 2.40. The lowest BCUT2D eigenvalue weighted by molar-refractivity contribution is -0.143. The van der Waals surface area contributed by atoms with E-state index in [4.69, 9.17) is 5.11 Å². The molecule has 1 aliphatic carbocycles. The van der Waals surface area contributed by atoms with Crippen LogP contribution in [0.4, 0.5) is 0 Å². The molecule has 0 spiro atoms. The van der Waals surface area contributed by atoms with Crippen molar-refractivity contribution in [2.45, 2.75) is 38.5 Å². The zero-order valence-electron chi connectivity index (χ0n) is 12.2. The molecule has 1 N–H and O–H groups in total. The van der Waals surface area contributed by atoms with E-state index in [0.717, 1.165) is 36.7 Å². The Bertz CT molecular complexity index is 643. The van der Waals surface area contributed by atoms with Crippen LogP contribution >= 0.6 is 0 Å². The summed E-state index contributed by atoms with van der Waals surface area (Å²) in [6.45, 7) is 1.83. The maximum atomic E-state index is 11.1. The van der Waals surface area contributed by atoms with Crippen LogP contribution < -0.4 is 0 Å². The van der Waals surface area contributed by atoms with Gasteiger partial charge in [0.15, 0.2) is 5.65 Å². The van der Waals surface area contributed by atoms with Crippen LogP contribution in [0, 0.1) is 11.8 Å². The number of hydrogen-bond donors (Lipinski definition) is 1. The second kappa shape index (κ2) is 5.80. The van der Waals surface area contributed by atoms with Gasteiger partial charge in [-0.15, -0.1) is 0 Å². The Kier molecular flexibility index (Phi) is 3.86. The Morgan fingerprint density at radius 2 is 1.90 bits per heavy atom. The minimum absolute atomic E-state index is 0.234. The van der Waals surface area contributed by atoms with Gasteiger partial charge in [-0.1, -0.05) is 6.92 Å². The molecule has 2 aromatic heterocycles. The van der Waals surface area contributed by atoms with E-state index in [1.807, 2.05) is 19.2 Å². The molecule has 3 rings (SSSR count). The number of nitrogens with zero attached hydrogens (tertiary/aromatic N) is 2. The van der Waals surface area contributed by atoms with E-state index in [0.29, 0.717) is 11.8 Å². The first-order valence-corrected chi connectivity index (χ1v) is 7.59. The van der Waals surface area contributed by atoms with Gasteiger partial charge in [0.25, 0.3) is 0 Å². The second-order valence-electron chi connectivity index (χ2n) is 6.01. The summed E-state index contributed by atoms with van der Waals surface area (Å²) in [4.78, 5) is 19.7. The highest BCUT2D eigenvalue weighted by molar-refractivity contribution is 5.78. The molecule has 0 saturated heterocycles. The number of rotatable bonds is 3. The average Bonchev–Trinajstić information content (AvgIpc) is 2.53. The van der Waals surface area contributed by atoms with Gasteiger partial charge in [-0.2, -0.15) is 0 Å². The summed E-state index contributed by atoms with van der Waals surface area (Å²) in [5.41, 5.74) is 2.12. The van der Waals surface area contributed by atoms with Gasteiger partial charge in [0.05, 0.1) is 5.92 Å². The van der Waals surface area contributed by atoms with Gasteiger partial charge in [0.2, 0.25) is 0 Å². The predicted molar refractivity (Wildman–Crippen MR) is 81.0 cm³/mol. The summed E-state index contributed by atoms with van der Waals surface area (Å²) in [5, 5.41) is 10.3. The molecule has 1 aliphatic rings. The molecule has 0 bridgehead atoms. The molecule has 0 aromatic carbocycles. The summed E-state index contributed by atoms with van der Waals surface area (Å²) in [5.74, 6) is -0.0965. The van der Waals surface area contributed by atoms with Crippen LogP contribution in [0.3, 0.4) is 0 Å². The normalized spacial score (nSPS) is 23.9. The standard InChI is InChI=1S/C17H20N2O2/c1-11(17(20)21)12-4-6-13(7-5-12)14-8-10-19-16-15(14)3-2-9-18-16/h2-3,8-13H,4-7H2,1H3,(H,20,21). The highest BCUT2D eigenvalue weighted by Gasteiger charge is 2.29. The Morgan fingerprint density at radius 1 is 1.19 bits per heavy atom. The maximum Gasteiger partial charge on any atom is 0.306 e. The maximum absolute atomic E-state index is 11.1. The molecule has 0 aliphatic heterocycles. The minimum Gasteiger partial charge on any atom is -0.481 e. The van der Waals surface area contributed by atoms with Gasteiger partial charge in [-0.3, -0.25) is 4.79 Å². The third kappa shape index (κ3) is 2.75. The first-order valence-electron chi connectivity index (χ1n) is 7.59. The van der Waals surface area contributed by atoms with Crippen LogP contribution in [-0.4, -0.2) is 21.0 Å². The molecule has 1 saturated carbocycles. The SMILES string of the molecule is CC(C(=O)O)C1CCC(c2ccnc3ncccc23)CC1. The van der Waals surface area contributed by atoms with Crippen molar-refractivity contribution >= 4 is 17.0 Å². The van der Waals surface area contributed by atoms with Crippen molar-refractivity contribution in [2.24, 2.45) is 11.8 Å². The second-order valence-corrected chi connectivity index (χ2v) is 6.01. The lowest BCUT2D eigenvalue weighted by Crippen LogP contribution is -2.25. The fourth-order valence-electron chi connectivity index (χ4n) is 3.49. The van der Waals surface area contributed by atoms with Crippen LogP contribution in [0.15, 0.2) is 30.6 Å². The van der Waals surface area contributed by atoms with Crippen molar-refractivity contribution in [2.75, 3.05) is 0 Å². The van der Waals surface area contributed by atoms with E-state index in [1.54, 1.807) is 6.20 Å². The summed E-state index contributed by atoms with van der Waals surface area (Å²) in [7, 11) is 0. The number of fused-ring (bicyclic) bond motifs is 1. The molecule has 110 valence electrons. The molecule has 1 unspecified atom stereocenters. The topological polar surface area (TPSA) is 63.1 Å². The number of aliphatic carboxylic acids is 1. The van der Waals surface area contributed by atoms with Gasteiger partial charge < -0.3 is 5.11 Å². The van der Waals surface area contributed by atoms with Crippen molar-refractivity contribution < 1.29 is 9.90 Å². The molecule has 4 heteroatoms. The van der Waals surface area contributed by atoms with Gasteiger partial charge in [0, 0.05) is 17.8 Å². The van der Waals surface area contributed by atoms with Gasteiger partial charge in [-0.05, 0) is 61.3 Å². The zero-order valence-corrected chi connectivity index (χ0v) is 12.2. The van der Waals surface area contributed by atoms with E-state index >= 15 is 0 Å². The van der Waals surface area contributed by atoms with E-state index in [2.05, 4.69) is 22.1 Å². The Hall–Kier alpha value is -1.97. The summed E-state index contributed by atoms with van der Waals surface area (Å²) < 4.78 is 0. The quantitative estimate of drug-likeness (QED) is 0.935. The molecule has 0 radical (unpaired) electrons. The van der Waals surface area contributed by atoms with Gasteiger partial charge in [0.1, 0.15) is 0 Å². The first-order chi connectivity index (χ1) is 10.2. The fourth-order valence-corrected chi connectivity index (χ4v) is 3.49. The van der Waals surface area contributed by atoms with Crippen molar-refractivity contribution in [3.05, 3.63) is 36.2 Å². The van der Waals surface area contributed by atoms with Crippen molar-refractivity contribution in [3.8, 4) is 0 Å².